The number of benzene rings is 2. The van der Waals surface area contributed by atoms with Crippen LogP contribution in [0.15, 0.2) is 52.0 Å². The number of anilines is 1. The maximum absolute atomic E-state index is 13.7. The van der Waals surface area contributed by atoms with Crippen molar-refractivity contribution in [3.05, 3.63) is 63.3 Å². The molecule has 0 unspecified atom stereocenters. The Morgan fingerprint density at radius 1 is 1.17 bits per heavy atom. The molecule has 2 rings (SSSR count). The maximum atomic E-state index is 13.7. The summed E-state index contributed by atoms with van der Waals surface area (Å²) in [7, 11) is 0. The molecule has 0 radical (unpaired) electrons. The molecule has 1 N–H and O–H groups in total. The van der Waals surface area contributed by atoms with Gasteiger partial charge in [-0.2, -0.15) is 5.10 Å². The number of nitrogens with one attached hydrogen (secondary N) is 1. The van der Waals surface area contributed by atoms with Crippen molar-refractivity contribution in [2.24, 2.45) is 5.10 Å². The third-order valence-electron chi connectivity index (χ3n) is 2.24. The Bertz CT molecular complexity index is 573. The number of hydrazone groups is 1. The standard InChI is InChI=1S/C13H9BrClFN2/c14-11-7-6-9(13(16)12(11)15)8-17-18-10-4-2-1-3-5-10/h1-8,18H. The van der Waals surface area contributed by atoms with Gasteiger partial charge in [0.25, 0.3) is 0 Å². The van der Waals surface area contributed by atoms with Gasteiger partial charge in [-0.05, 0) is 40.2 Å². The summed E-state index contributed by atoms with van der Waals surface area (Å²) in [5.41, 5.74) is 3.96. The molecule has 0 aliphatic carbocycles. The molecule has 2 nitrogen and oxygen atoms in total. The van der Waals surface area contributed by atoms with E-state index in [9.17, 15) is 4.39 Å². The van der Waals surface area contributed by atoms with Crippen molar-refractivity contribution in [3.8, 4) is 0 Å². The zero-order valence-corrected chi connectivity index (χ0v) is 11.5. The fourth-order valence-electron chi connectivity index (χ4n) is 1.33. The molecule has 0 fully saturated rings. The Labute approximate surface area is 118 Å². The van der Waals surface area contributed by atoms with Gasteiger partial charge in [0.1, 0.15) is 0 Å². The van der Waals surface area contributed by atoms with Crippen molar-refractivity contribution in [1.82, 2.24) is 0 Å². The Morgan fingerprint density at radius 2 is 1.89 bits per heavy atom. The van der Waals surface area contributed by atoms with Gasteiger partial charge in [-0.15, -0.1) is 0 Å². The number of halogens is 3. The number of hydrogen-bond donors (Lipinski definition) is 1. The average molecular weight is 328 g/mol. The molecule has 92 valence electrons. The molecule has 2 aromatic rings. The first-order valence-electron chi connectivity index (χ1n) is 5.16. The van der Waals surface area contributed by atoms with Crippen molar-refractivity contribution in [3.63, 3.8) is 0 Å². The fraction of sp³-hybridized carbons (Fsp3) is 0. The van der Waals surface area contributed by atoms with Gasteiger partial charge in [0.2, 0.25) is 0 Å². The highest BCUT2D eigenvalue weighted by molar-refractivity contribution is 9.10. The summed E-state index contributed by atoms with van der Waals surface area (Å²) in [5.74, 6) is -0.496. The van der Waals surface area contributed by atoms with E-state index in [2.05, 4.69) is 26.5 Å². The second-order valence-corrected chi connectivity index (χ2v) is 4.73. The summed E-state index contributed by atoms with van der Waals surface area (Å²) in [5, 5.41) is 4.01. The van der Waals surface area contributed by atoms with E-state index in [1.54, 1.807) is 12.1 Å². The predicted molar refractivity (Wildman–Crippen MR) is 76.8 cm³/mol. The van der Waals surface area contributed by atoms with Crippen molar-refractivity contribution >= 4 is 39.4 Å². The molecule has 0 aromatic heterocycles. The van der Waals surface area contributed by atoms with Crippen LogP contribution in [0.3, 0.4) is 0 Å². The van der Waals surface area contributed by atoms with Crippen molar-refractivity contribution < 1.29 is 4.39 Å². The van der Waals surface area contributed by atoms with Gasteiger partial charge >= 0.3 is 0 Å². The van der Waals surface area contributed by atoms with Crippen LogP contribution in [-0.2, 0) is 0 Å². The largest absolute Gasteiger partial charge is 0.279 e. The van der Waals surface area contributed by atoms with Gasteiger partial charge < -0.3 is 0 Å². The van der Waals surface area contributed by atoms with Crippen LogP contribution in [-0.4, -0.2) is 6.21 Å². The zero-order chi connectivity index (χ0) is 13.0. The molecule has 0 spiro atoms. The lowest BCUT2D eigenvalue weighted by Crippen LogP contribution is -1.94. The average Bonchev–Trinajstić information content (AvgIpc) is 2.40. The van der Waals surface area contributed by atoms with Gasteiger partial charge in [0.05, 0.1) is 16.9 Å². The first-order valence-corrected chi connectivity index (χ1v) is 6.33. The summed E-state index contributed by atoms with van der Waals surface area (Å²) in [6, 6.07) is 12.7. The summed E-state index contributed by atoms with van der Waals surface area (Å²) in [6.07, 6.45) is 1.39. The van der Waals surface area contributed by atoms with Crippen LogP contribution in [0.1, 0.15) is 5.56 Å². The SMILES string of the molecule is Fc1c(C=NNc2ccccc2)ccc(Br)c1Cl. The van der Waals surface area contributed by atoms with Crippen LogP contribution >= 0.6 is 27.5 Å². The van der Waals surface area contributed by atoms with E-state index in [1.807, 2.05) is 30.3 Å². The van der Waals surface area contributed by atoms with Crippen LogP contribution in [0.2, 0.25) is 5.02 Å². The third-order valence-corrected chi connectivity index (χ3v) is 3.49. The molecule has 5 heteroatoms. The summed E-state index contributed by atoms with van der Waals surface area (Å²) < 4.78 is 14.2. The normalized spacial score (nSPS) is 10.8. The Morgan fingerprint density at radius 3 is 2.61 bits per heavy atom. The van der Waals surface area contributed by atoms with Crippen molar-refractivity contribution in [2.45, 2.75) is 0 Å². The van der Waals surface area contributed by atoms with E-state index < -0.39 is 5.82 Å². The molecule has 0 aliphatic heterocycles. The monoisotopic (exact) mass is 326 g/mol. The first kappa shape index (κ1) is 13.1. The van der Waals surface area contributed by atoms with E-state index in [-0.39, 0.29) is 5.02 Å². The molecule has 0 heterocycles. The van der Waals surface area contributed by atoms with Gasteiger partial charge in [0.15, 0.2) is 5.82 Å². The van der Waals surface area contributed by atoms with Gasteiger partial charge in [-0.3, -0.25) is 5.43 Å². The molecule has 0 atom stereocenters. The maximum Gasteiger partial charge on any atom is 0.151 e. The molecule has 18 heavy (non-hydrogen) atoms. The highest BCUT2D eigenvalue weighted by Crippen LogP contribution is 2.26. The molecule has 2 aromatic carbocycles. The van der Waals surface area contributed by atoms with Crippen LogP contribution < -0.4 is 5.43 Å². The quantitative estimate of drug-likeness (QED) is 0.494. The minimum atomic E-state index is -0.496. The van der Waals surface area contributed by atoms with Crippen LogP contribution in [0.5, 0.6) is 0 Å². The molecule has 0 amide bonds. The molecule has 0 saturated heterocycles. The van der Waals surface area contributed by atoms with E-state index in [0.717, 1.165) is 5.69 Å². The number of para-hydroxylation sites is 1. The van der Waals surface area contributed by atoms with E-state index >= 15 is 0 Å². The minimum absolute atomic E-state index is 0.0543. The first-order chi connectivity index (χ1) is 8.68. The van der Waals surface area contributed by atoms with E-state index in [1.165, 1.54) is 6.21 Å². The van der Waals surface area contributed by atoms with Crippen molar-refractivity contribution in [1.29, 1.82) is 0 Å². The third kappa shape index (κ3) is 3.09. The molecule has 0 saturated carbocycles. The smallest absolute Gasteiger partial charge is 0.151 e. The summed E-state index contributed by atoms with van der Waals surface area (Å²) in [6.45, 7) is 0. The van der Waals surface area contributed by atoms with Crippen molar-refractivity contribution in [2.75, 3.05) is 5.43 Å². The second-order valence-electron chi connectivity index (χ2n) is 3.50. The summed E-state index contributed by atoms with van der Waals surface area (Å²) >= 11 is 8.93. The second kappa shape index (κ2) is 5.98. The van der Waals surface area contributed by atoms with E-state index in [4.69, 9.17) is 11.6 Å². The number of rotatable bonds is 3. The molecular formula is C13H9BrClFN2. The van der Waals surface area contributed by atoms with Crippen LogP contribution in [0.4, 0.5) is 10.1 Å². The highest BCUT2D eigenvalue weighted by atomic mass is 79.9. The molecule has 0 bridgehead atoms. The Balaban J connectivity index is 2.13. The lowest BCUT2D eigenvalue weighted by molar-refractivity contribution is 0.625. The Kier molecular flexibility index (Phi) is 4.33. The predicted octanol–water partition coefficient (Wildman–Crippen LogP) is 4.69. The van der Waals surface area contributed by atoms with Crippen LogP contribution in [0, 0.1) is 5.82 Å². The van der Waals surface area contributed by atoms with E-state index in [0.29, 0.717) is 10.0 Å². The lowest BCUT2D eigenvalue weighted by Gasteiger charge is -2.02. The molecular weight excluding hydrogens is 319 g/mol. The minimum Gasteiger partial charge on any atom is -0.279 e. The fourth-order valence-corrected chi connectivity index (χ4v) is 1.81. The number of nitrogens with zero attached hydrogens (tertiary/aromatic N) is 1. The Hall–Kier alpha value is -1.39. The molecule has 0 aliphatic rings. The lowest BCUT2D eigenvalue weighted by atomic mass is 10.2. The van der Waals surface area contributed by atoms with Crippen LogP contribution in [0.25, 0.3) is 0 Å². The van der Waals surface area contributed by atoms with Gasteiger partial charge in [-0.25, -0.2) is 4.39 Å². The topological polar surface area (TPSA) is 24.4 Å². The highest BCUT2D eigenvalue weighted by Gasteiger charge is 2.08. The summed E-state index contributed by atoms with van der Waals surface area (Å²) in [4.78, 5) is 0. The van der Waals surface area contributed by atoms with Gasteiger partial charge in [0, 0.05) is 10.0 Å². The van der Waals surface area contributed by atoms with Gasteiger partial charge in [-0.1, -0.05) is 29.8 Å². The zero-order valence-electron chi connectivity index (χ0n) is 9.20. The number of hydrogen-bond acceptors (Lipinski definition) is 2.